The summed E-state index contributed by atoms with van der Waals surface area (Å²) < 4.78 is 25.1. The maximum absolute atomic E-state index is 13.3. The molecule has 1 N–H and O–H groups in total. The van der Waals surface area contributed by atoms with Gasteiger partial charge in [-0.25, -0.2) is 8.42 Å². The van der Waals surface area contributed by atoms with Crippen LogP contribution in [-0.2, 0) is 19.4 Å². The minimum Gasteiger partial charge on any atom is -0.370 e. The van der Waals surface area contributed by atoms with Crippen molar-refractivity contribution >= 4 is 39.2 Å². The van der Waals surface area contributed by atoms with Crippen LogP contribution in [-0.4, -0.2) is 86.4 Å². The van der Waals surface area contributed by atoms with Crippen molar-refractivity contribution in [2.45, 2.75) is 46.0 Å². The quantitative estimate of drug-likeness (QED) is 0.532. The standard InChI is InChI=1S/C30H39ClN4O5S/c1-21-6-4-9-26(41(3,39)40)20-27(32-30(38)24-7-5-8-25(31)19-24)29(21)35-12-10-23(11-13-35)18-28(37)34-16-14-33(15-17-34)22(2)36/h5,7-9,19-20,23H,4,6,10-18H2,1-3H3,(H,32,38). The second-order valence-corrected chi connectivity index (χ2v) is 13.5. The number of benzene rings is 1. The second kappa shape index (κ2) is 13.2. The number of likely N-dealkylation sites (tertiary alicyclic amines) is 1. The van der Waals surface area contributed by atoms with Crippen LogP contribution in [0.2, 0.25) is 5.02 Å². The number of piperazine rings is 1. The molecule has 0 bridgehead atoms. The third-order valence-electron chi connectivity index (χ3n) is 8.05. The molecule has 0 radical (unpaired) electrons. The second-order valence-electron chi connectivity index (χ2n) is 11.1. The molecule has 0 saturated carbocycles. The van der Waals surface area contributed by atoms with Crippen LogP contribution < -0.4 is 5.32 Å². The molecule has 3 aliphatic rings. The molecule has 2 aliphatic heterocycles. The number of allylic oxidation sites excluding steroid dienone is 3. The average Bonchev–Trinajstić information content (AvgIpc) is 2.92. The van der Waals surface area contributed by atoms with Crippen LogP contribution in [0.3, 0.4) is 0 Å². The zero-order chi connectivity index (χ0) is 29.7. The number of amides is 3. The molecule has 2 saturated heterocycles. The smallest absolute Gasteiger partial charge is 0.255 e. The van der Waals surface area contributed by atoms with Crippen LogP contribution in [0.1, 0.15) is 56.3 Å². The lowest BCUT2D eigenvalue weighted by molar-refractivity contribution is -0.139. The van der Waals surface area contributed by atoms with Gasteiger partial charge in [-0.3, -0.25) is 14.4 Å². The zero-order valence-electron chi connectivity index (χ0n) is 24.0. The molecule has 2 fully saturated rings. The van der Waals surface area contributed by atoms with Gasteiger partial charge in [0.2, 0.25) is 11.8 Å². The van der Waals surface area contributed by atoms with E-state index in [9.17, 15) is 22.8 Å². The Bertz CT molecular complexity index is 1380. The first-order chi connectivity index (χ1) is 19.4. The molecular formula is C30H39ClN4O5S. The number of rotatable bonds is 6. The Hall–Kier alpha value is -3.11. The highest BCUT2D eigenvalue weighted by molar-refractivity contribution is 7.94. The number of carbonyl (C=O) groups excluding carboxylic acids is 3. The minimum atomic E-state index is -3.51. The molecule has 9 nitrogen and oxygen atoms in total. The molecule has 41 heavy (non-hydrogen) atoms. The lowest BCUT2D eigenvalue weighted by Gasteiger charge is -2.39. The first-order valence-corrected chi connectivity index (χ1v) is 16.4. The van der Waals surface area contributed by atoms with Crippen molar-refractivity contribution in [2.24, 2.45) is 5.92 Å². The molecule has 3 amide bonds. The topological polar surface area (TPSA) is 107 Å². The number of sulfone groups is 1. The van der Waals surface area contributed by atoms with Gasteiger partial charge in [0.25, 0.3) is 5.91 Å². The molecule has 0 unspecified atom stereocenters. The lowest BCUT2D eigenvalue weighted by atomic mass is 9.91. The van der Waals surface area contributed by atoms with E-state index in [-0.39, 0.29) is 28.5 Å². The summed E-state index contributed by atoms with van der Waals surface area (Å²) in [5, 5.41) is 3.41. The van der Waals surface area contributed by atoms with E-state index in [0.717, 1.165) is 24.1 Å². The van der Waals surface area contributed by atoms with Crippen molar-refractivity contribution in [1.29, 1.82) is 0 Å². The Balaban J connectivity index is 1.49. The molecular weight excluding hydrogens is 564 g/mol. The van der Waals surface area contributed by atoms with E-state index in [0.29, 0.717) is 74.8 Å². The van der Waals surface area contributed by atoms with Crippen LogP contribution >= 0.6 is 11.6 Å². The van der Waals surface area contributed by atoms with Gasteiger partial charge in [-0.2, -0.15) is 0 Å². The van der Waals surface area contributed by atoms with E-state index < -0.39 is 9.84 Å². The highest BCUT2D eigenvalue weighted by Crippen LogP contribution is 2.31. The van der Waals surface area contributed by atoms with Crippen molar-refractivity contribution in [3.05, 3.63) is 68.9 Å². The minimum absolute atomic E-state index is 0.0413. The van der Waals surface area contributed by atoms with Gasteiger partial charge in [0.15, 0.2) is 9.84 Å². The van der Waals surface area contributed by atoms with Crippen molar-refractivity contribution in [2.75, 3.05) is 45.5 Å². The van der Waals surface area contributed by atoms with E-state index >= 15 is 0 Å². The molecule has 11 heteroatoms. The van der Waals surface area contributed by atoms with Crippen LogP contribution in [0.4, 0.5) is 0 Å². The van der Waals surface area contributed by atoms with Gasteiger partial charge in [0, 0.05) is 69.5 Å². The number of nitrogens with one attached hydrogen (secondary N) is 1. The van der Waals surface area contributed by atoms with Crippen LogP contribution in [0.15, 0.2) is 58.3 Å². The SMILES string of the molecule is CC(=O)N1CCN(C(=O)CC2CCN(C3=C(C)CCC=C(S(C)(=O)=O)C=C3NC(=O)c3cccc(Cl)c3)CC2)CC1. The van der Waals surface area contributed by atoms with Crippen molar-refractivity contribution in [3.63, 3.8) is 0 Å². The molecule has 222 valence electrons. The summed E-state index contributed by atoms with van der Waals surface area (Å²) in [6, 6.07) is 6.63. The van der Waals surface area contributed by atoms with Crippen molar-refractivity contribution in [3.8, 4) is 0 Å². The molecule has 0 atom stereocenters. The lowest BCUT2D eigenvalue weighted by Crippen LogP contribution is -2.50. The van der Waals surface area contributed by atoms with Gasteiger partial charge in [-0.15, -0.1) is 0 Å². The molecule has 4 rings (SSSR count). The van der Waals surface area contributed by atoms with Crippen LogP contribution in [0, 0.1) is 5.92 Å². The fourth-order valence-corrected chi connectivity index (χ4v) is 6.62. The summed E-state index contributed by atoms with van der Waals surface area (Å²) in [7, 11) is -3.51. The highest BCUT2D eigenvalue weighted by atomic mass is 35.5. The van der Waals surface area contributed by atoms with Crippen LogP contribution in [0.25, 0.3) is 0 Å². The fraction of sp³-hybridized carbons (Fsp3) is 0.500. The summed E-state index contributed by atoms with van der Waals surface area (Å²) >= 11 is 6.11. The Morgan fingerprint density at radius 1 is 1.02 bits per heavy atom. The first-order valence-electron chi connectivity index (χ1n) is 14.1. The Labute approximate surface area is 247 Å². The fourth-order valence-electron chi connectivity index (χ4n) is 5.67. The zero-order valence-corrected chi connectivity index (χ0v) is 25.6. The predicted octanol–water partition coefficient (Wildman–Crippen LogP) is 3.74. The summed E-state index contributed by atoms with van der Waals surface area (Å²) in [6.45, 7) is 7.24. The molecule has 1 aliphatic carbocycles. The Morgan fingerprint density at radius 3 is 2.29 bits per heavy atom. The monoisotopic (exact) mass is 602 g/mol. The molecule has 0 spiro atoms. The largest absolute Gasteiger partial charge is 0.370 e. The van der Waals surface area contributed by atoms with Crippen molar-refractivity contribution in [1.82, 2.24) is 20.0 Å². The Morgan fingerprint density at radius 2 is 1.68 bits per heavy atom. The van der Waals surface area contributed by atoms with E-state index in [2.05, 4.69) is 10.2 Å². The summed E-state index contributed by atoms with van der Waals surface area (Å²) in [6.07, 6.45) is 7.75. The molecule has 1 aromatic carbocycles. The number of nitrogens with zero attached hydrogens (tertiary/aromatic N) is 3. The van der Waals surface area contributed by atoms with Crippen LogP contribution in [0.5, 0.6) is 0 Å². The van der Waals surface area contributed by atoms with E-state index in [1.807, 2.05) is 11.8 Å². The molecule has 0 aromatic heterocycles. The highest BCUT2D eigenvalue weighted by Gasteiger charge is 2.30. The van der Waals surface area contributed by atoms with Gasteiger partial charge >= 0.3 is 0 Å². The van der Waals surface area contributed by atoms with Gasteiger partial charge in [-0.1, -0.05) is 23.7 Å². The predicted molar refractivity (Wildman–Crippen MR) is 160 cm³/mol. The van der Waals surface area contributed by atoms with E-state index in [4.69, 9.17) is 11.6 Å². The summed E-state index contributed by atoms with van der Waals surface area (Å²) in [4.78, 5) is 43.9. The number of piperidine rings is 1. The maximum atomic E-state index is 13.3. The average molecular weight is 603 g/mol. The molecule has 1 aromatic rings. The summed E-state index contributed by atoms with van der Waals surface area (Å²) in [5.74, 6) is 0.0340. The van der Waals surface area contributed by atoms with Gasteiger partial charge in [0.05, 0.1) is 16.3 Å². The molecule has 2 heterocycles. The van der Waals surface area contributed by atoms with Crippen molar-refractivity contribution < 1.29 is 22.8 Å². The van der Waals surface area contributed by atoms with E-state index in [1.165, 1.54) is 6.26 Å². The third kappa shape index (κ3) is 8.01. The van der Waals surface area contributed by atoms with Gasteiger partial charge in [-0.05, 0) is 68.4 Å². The number of halogens is 1. The normalized spacial score (nSPS) is 19.3. The summed E-state index contributed by atoms with van der Waals surface area (Å²) in [5.41, 5.74) is 2.72. The number of hydrogen-bond donors (Lipinski definition) is 1. The first kappa shape index (κ1) is 30.8. The van der Waals surface area contributed by atoms with Gasteiger partial charge in [0.1, 0.15) is 0 Å². The van der Waals surface area contributed by atoms with E-state index in [1.54, 1.807) is 48.2 Å². The number of carbonyl (C=O) groups is 3. The third-order valence-corrected chi connectivity index (χ3v) is 9.42. The number of hydrogen-bond acceptors (Lipinski definition) is 6. The Kier molecular flexibility index (Phi) is 9.96. The maximum Gasteiger partial charge on any atom is 0.255 e. The van der Waals surface area contributed by atoms with Gasteiger partial charge < -0.3 is 20.0 Å².